The molecule has 7 heteroatoms. The van der Waals surface area contributed by atoms with Gasteiger partial charge in [0, 0.05) is 16.8 Å². The standard InChI is InChI=1S/C21H27N3O4/c1-13(2)15-6-9-18(28-11-10-25)17(12-15)19(21(26)27-3)24-16-7-4-14(5-8-16)20(22)23/h4-9,12-13,19,24-25H,10-11H2,1-3H3,(H3,22,23). The van der Waals surface area contributed by atoms with E-state index in [9.17, 15) is 4.79 Å². The third-order valence-corrected chi connectivity index (χ3v) is 4.30. The lowest BCUT2D eigenvalue weighted by atomic mass is 9.96. The third kappa shape index (κ3) is 5.23. The van der Waals surface area contributed by atoms with Crippen molar-refractivity contribution in [3.05, 3.63) is 59.2 Å². The maximum atomic E-state index is 12.6. The molecule has 0 fully saturated rings. The first-order valence-corrected chi connectivity index (χ1v) is 9.03. The third-order valence-electron chi connectivity index (χ3n) is 4.30. The summed E-state index contributed by atoms with van der Waals surface area (Å²) in [5.74, 6) is 0.270. The largest absolute Gasteiger partial charge is 0.491 e. The van der Waals surface area contributed by atoms with Crippen LogP contribution >= 0.6 is 0 Å². The molecule has 0 saturated carbocycles. The Bertz CT molecular complexity index is 819. The summed E-state index contributed by atoms with van der Waals surface area (Å²) >= 11 is 0. The van der Waals surface area contributed by atoms with Crippen molar-refractivity contribution >= 4 is 17.5 Å². The van der Waals surface area contributed by atoms with Gasteiger partial charge in [0.25, 0.3) is 0 Å². The minimum Gasteiger partial charge on any atom is -0.491 e. The van der Waals surface area contributed by atoms with E-state index in [-0.39, 0.29) is 25.0 Å². The Kier molecular flexibility index (Phi) is 7.40. The van der Waals surface area contributed by atoms with E-state index in [0.717, 1.165) is 5.56 Å². The first kappa shape index (κ1) is 21.2. The lowest BCUT2D eigenvalue weighted by molar-refractivity contribution is -0.141. The van der Waals surface area contributed by atoms with Crippen molar-refractivity contribution in [2.45, 2.75) is 25.8 Å². The molecule has 2 aromatic carbocycles. The van der Waals surface area contributed by atoms with Crippen LogP contribution in [0.4, 0.5) is 5.69 Å². The number of nitrogens with two attached hydrogens (primary N) is 1. The predicted molar refractivity (Wildman–Crippen MR) is 109 cm³/mol. The van der Waals surface area contributed by atoms with Gasteiger partial charge in [0.15, 0.2) is 6.04 Å². The summed E-state index contributed by atoms with van der Waals surface area (Å²) in [6.45, 7) is 4.12. The maximum absolute atomic E-state index is 12.6. The number of methoxy groups -OCH3 is 1. The number of nitrogens with one attached hydrogen (secondary N) is 2. The first-order chi connectivity index (χ1) is 13.4. The SMILES string of the molecule is COC(=O)C(Nc1ccc(C(=N)N)cc1)c1cc(C(C)C)ccc1OCCO. The first-order valence-electron chi connectivity index (χ1n) is 9.03. The van der Waals surface area contributed by atoms with Crippen LogP contribution in [0.5, 0.6) is 5.75 Å². The van der Waals surface area contributed by atoms with Crippen molar-refractivity contribution in [3.63, 3.8) is 0 Å². The van der Waals surface area contributed by atoms with Crippen LogP contribution in [0.15, 0.2) is 42.5 Å². The second kappa shape index (κ2) is 9.75. The number of rotatable bonds is 9. The van der Waals surface area contributed by atoms with E-state index in [0.29, 0.717) is 22.6 Å². The topological polar surface area (TPSA) is 118 Å². The van der Waals surface area contributed by atoms with Gasteiger partial charge < -0.3 is 25.6 Å². The second-order valence-corrected chi connectivity index (χ2v) is 6.62. The molecular formula is C21H27N3O4. The van der Waals surface area contributed by atoms with Crippen LogP contribution in [0, 0.1) is 5.41 Å². The van der Waals surface area contributed by atoms with Crippen molar-refractivity contribution in [3.8, 4) is 5.75 Å². The number of benzene rings is 2. The van der Waals surface area contributed by atoms with Crippen molar-refractivity contribution in [2.24, 2.45) is 5.73 Å². The number of anilines is 1. The van der Waals surface area contributed by atoms with Crippen LogP contribution in [0.3, 0.4) is 0 Å². The molecule has 1 atom stereocenters. The molecule has 5 N–H and O–H groups in total. The average Bonchev–Trinajstić information content (AvgIpc) is 2.70. The molecule has 0 aromatic heterocycles. The van der Waals surface area contributed by atoms with Crippen LogP contribution in [0.25, 0.3) is 0 Å². The van der Waals surface area contributed by atoms with E-state index in [2.05, 4.69) is 19.2 Å². The minimum atomic E-state index is -0.805. The van der Waals surface area contributed by atoms with Crippen molar-refractivity contribution < 1.29 is 19.4 Å². The van der Waals surface area contributed by atoms with Gasteiger partial charge in [-0.25, -0.2) is 4.79 Å². The Morgan fingerprint density at radius 3 is 2.43 bits per heavy atom. The molecule has 0 heterocycles. The van der Waals surface area contributed by atoms with E-state index < -0.39 is 12.0 Å². The average molecular weight is 385 g/mol. The van der Waals surface area contributed by atoms with Crippen LogP contribution < -0.4 is 15.8 Å². The molecule has 1 unspecified atom stereocenters. The van der Waals surface area contributed by atoms with E-state index in [1.165, 1.54) is 7.11 Å². The van der Waals surface area contributed by atoms with Crippen LogP contribution in [-0.2, 0) is 9.53 Å². The van der Waals surface area contributed by atoms with Gasteiger partial charge in [0.2, 0.25) is 0 Å². The van der Waals surface area contributed by atoms with E-state index in [1.807, 2.05) is 12.1 Å². The number of aliphatic hydroxyl groups excluding tert-OH is 1. The van der Waals surface area contributed by atoms with Gasteiger partial charge in [0.05, 0.1) is 13.7 Å². The molecule has 2 rings (SSSR count). The number of hydrogen-bond acceptors (Lipinski definition) is 6. The number of amidine groups is 1. The fourth-order valence-electron chi connectivity index (χ4n) is 2.73. The van der Waals surface area contributed by atoms with Gasteiger partial charge in [-0.05, 0) is 47.9 Å². The zero-order valence-corrected chi connectivity index (χ0v) is 16.4. The minimum absolute atomic E-state index is 0.0274. The number of esters is 1. The number of aliphatic hydroxyl groups is 1. The molecule has 28 heavy (non-hydrogen) atoms. The molecule has 2 aromatic rings. The molecule has 0 saturated heterocycles. The van der Waals surface area contributed by atoms with Crippen LogP contribution in [0.2, 0.25) is 0 Å². The molecule has 0 aliphatic rings. The van der Waals surface area contributed by atoms with Gasteiger partial charge in [-0.1, -0.05) is 19.9 Å². The number of carbonyl (C=O) groups is 1. The Balaban J connectivity index is 2.44. The zero-order chi connectivity index (χ0) is 20.7. The normalized spacial score (nSPS) is 11.8. The molecular weight excluding hydrogens is 358 g/mol. The maximum Gasteiger partial charge on any atom is 0.333 e. The Labute approximate surface area is 165 Å². The Morgan fingerprint density at radius 2 is 1.89 bits per heavy atom. The molecule has 0 amide bonds. The van der Waals surface area contributed by atoms with Gasteiger partial charge >= 0.3 is 5.97 Å². The molecule has 0 spiro atoms. The van der Waals surface area contributed by atoms with E-state index >= 15 is 0 Å². The monoisotopic (exact) mass is 385 g/mol. The molecule has 150 valence electrons. The highest BCUT2D eigenvalue weighted by Gasteiger charge is 2.26. The van der Waals surface area contributed by atoms with Crippen molar-refractivity contribution in [1.82, 2.24) is 0 Å². The van der Waals surface area contributed by atoms with Crippen molar-refractivity contribution in [2.75, 3.05) is 25.6 Å². The summed E-state index contributed by atoms with van der Waals surface area (Å²) in [7, 11) is 1.33. The lowest BCUT2D eigenvalue weighted by Crippen LogP contribution is -2.23. The molecule has 0 bridgehead atoms. The zero-order valence-electron chi connectivity index (χ0n) is 16.4. The van der Waals surface area contributed by atoms with Gasteiger partial charge in [-0.2, -0.15) is 0 Å². The summed E-state index contributed by atoms with van der Waals surface area (Å²) in [6, 6.07) is 11.7. The second-order valence-electron chi connectivity index (χ2n) is 6.62. The summed E-state index contributed by atoms with van der Waals surface area (Å²) in [5.41, 5.74) is 8.43. The molecule has 0 aliphatic carbocycles. The van der Waals surface area contributed by atoms with Gasteiger partial charge in [-0.3, -0.25) is 5.41 Å². The van der Waals surface area contributed by atoms with Crippen LogP contribution in [0.1, 0.15) is 42.5 Å². The number of ether oxygens (including phenoxy) is 2. The quantitative estimate of drug-likeness (QED) is 0.299. The molecule has 0 radical (unpaired) electrons. The van der Waals surface area contributed by atoms with E-state index in [1.54, 1.807) is 30.3 Å². The Hall–Kier alpha value is -3.06. The summed E-state index contributed by atoms with van der Waals surface area (Å²) in [4.78, 5) is 12.6. The lowest BCUT2D eigenvalue weighted by Gasteiger charge is -2.22. The van der Waals surface area contributed by atoms with Crippen molar-refractivity contribution in [1.29, 1.82) is 5.41 Å². The highest BCUT2D eigenvalue weighted by molar-refractivity contribution is 5.95. The molecule has 0 aliphatic heterocycles. The Morgan fingerprint density at radius 1 is 1.21 bits per heavy atom. The van der Waals surface area contributed by atoms with Crippen LogP contribution in [-0.4, -0.2) is 37.2 Å². The summed E-state index contributed by atoms with van der Waals surface area (Å²) in [6.07, 6.45) is 0. The number of nitrogen functional groups attached to an aromatic ring is 1. The predicted octanol–water partition coefficient (Wildman–Crippen LogP) is 2.79. The summed E-state index contributed by atoms with van der Waals surface area (Å²) < 4.78 is 10.6. The highest BCUT2D eigenvalue weighted by atomic mass is 16.5. The smallest absolute Gasteiger partial charge is 0.333 e. The van der Waals surface area contributed by atoms with Gasteiger partial charge in [-0.15, -0.1) is 0 Å². The van der Waals surface area contributed by atoms with E-state index in [4.69, 9.17) is 25.7 Å². The fraction of sp³-hybridized carbons (Fsp3) is 0.333. The fourth-order valence-corrected chi connectivity index (χ4v) is 2.73. The number of hydrogen-bond donors (Lipinski definition) is 4. The summed E-state index contributed by atoms with van der Waals surface area (Å²) in [5, 5.41) is 19.8. The molecule has 7 nitrogen and oxygen atoms in total. The van der Waals surface area contributed by atoms with Gasteiger partial charge in [0.1, 0.15) is 18.2 Å². The number of carbonyl (C=O) groups excluding carboxylic acids is 1. The highest BCUT2D eigenvalue weighted by Crippen LogP contribution is 2.32.